The van der Waals surface area contributed by atoms with Crippen LogP contribution >= 0.6 is 0 Å². The van der Waals surface area contributed by atoms with Crippen LogP contribution in [0.5, 0.6) is 0 Å². The fourth-order valence-corrected chi connectivity index (χ4v) is 11.1. The molecule has 2 aliphatic carbocycles. The molecule has 0 fully saturated rings. The van der Waals surface area contributed by atoms with Crippen LogP contribution in [-0.2, 0) is 37.2 Å². The molecule has 2 aliphatic heterocycles. The van der Waals surface area contributed by atoms with Crippen molar-refractivity contribution in [2.45, 2.75) is 157 Å². The molecule has 0 unspecified atom stereocenters. The molecule has 410 valence electrons. The Bertz CT molecular complexity index is 3830. The van der Waals surface area contributed by atoms with Gasteiger partial charge >= 0.3 is 5.97 Å². The van der Waals surface area contributed by atoms with E-state index in [4.69, 9.17) is 14.7 Å². The third kappa shape index (κ3) is 10.7. The summed E-state index contributed by atoms with van der Waals surface area (Å²) in [4.78, 5) is 33.1. The summed E-state index contributed by atoms with van der Waals surface area (Å²) < 4.78 is 5.34. The summed E-state index contributed by atoms with van der Waals surface area (Å²) in [7, 11) is 1.44. The number of aromatic amines is 2. The fourth-order valence-electron chi connectivity index (χ4n) is 11.1. The van der Waals surface area contributed by atoms with E-state index in [9.17, 15) is 4.79 Å². The van der Waals surface area contributed by atoms with E-state index in [-0.39, 0.29) is 38.5 Å². The molecule has 3 aromatic carbocycles. The van der Waals surface area contributed by atoms with Crippen LogP contribution in [0.25, 0.3) is 102 Å². The van der Waals surface area contributed by atoms with Gasteiger partial charge in [0.2, 0.25) is 0 Å². The van der Waals surface area contributed by atoms with Crippen molar-refractivity contribution >= 4 is 52.3 Å². The largest absolute Gasteiger partial charge is 0.465 e. The summed E-state index contributed by atoms with van der Waals surface area (Å²) in [5.41, 5.74) is 24.3. The Balaban J connectivity index is 1.45. The van der Waals surface area contributed by atoms with Crippen LogP contribution in [0, 0.1) is 0 Å². The molecule has 10 rings (SSSR count). The van der Waals surface area contributed by atoms with Gasteiger partial charge < -0.3 is 14.7 Å². The minimum absolute atomic E-state index is 0.119. The standard InChI is InChI=1S/C74H82N4O2/c1-69(2,3)46-34-43(35-47(40-46)70(4,5)6)64-56-26-28-58(75-56)65(44-36-48(71(7,8)9)41-49(37-44)72(10,11)12)60-30-32-62(77-60)67(54-23-21-20-22-52-53(54)24-25-55(52)68(79)80-19)63-33-31-61(78-63)66(59-29-27-57(64)76-59)45-38-50(73(13,14)15)42-51(39-45)74(16,17)18/h20-42,75,78H,1-19H3. The molecule has 0 saturated carbocycles. The average Bonchev–Trinajstić information content (AvgIpc) is 4.41. The van der Waals surface area contributed by atoms with Gasteiger partial charge in [-0.2, -0.15) is 0 Å². The Kier molecular flexibility index (Phi) is 13.7. The van der Waals surface area contributed by atoms with Crippen LogP contribution in [0.15, 0.2) is 115 Å². The Morgan fingerprint density at radius 1 is 0.350 bits per heavy atom. The Labute approximate surface area is 476 Å². The maximum atomic E-state index is 13.4. The molecule has 80 heavy (non-hydrogen) atoms. The van der Waals surface area contributed by atoms with E-state index < -0.39 is 0 Å². The van der Waals surface area contributed by atoms with Gasteiger partial charge in [-0.25, -0.2) is 14.8 Å². The fraction of sp³-hybridized carbons (Fsp3) is 0.338. The van der Waals surface area contributed by atoms with E-state index in [1.54, 1.807) is 0 Å². The number of esters is 1. The zero-order valence-electron chi connectivity index (χ0n) is 51.0. The quantitative estimate of drug-likeness (QED) is 0.168. The number of carbonyl (C=O) groups excluding carboxylic acids is 1. The zero-order chi connectivity index (χ0) is 57.8. The van der Waals surface area contributed by atoms with E-state index in [2.05, 4.69) is 250 Å². The van der Waals surface area contributed by atoms with Crippen molar-refractivity contribution in [2.75, 3.05) is 7.11 Å². The normalized spacial score (nSPS) is 13.4. The van der Waals surface area contributed by atoms with Gasteiger partial charge in [0.25, 0.3) is 0 Å². The number of nitrogens with zero attached hydrogens (tertiary/aromatic N) is 2. The zero-order valence-corrected chi connectivity index (χ0v) is 51.0. The molecule has 6 nitrogen and oxygen atoms in total. The summed E-state index contributed by atoms with van der Waals surface area (Å²) in [5, 5.41) is 0. The van der Waals surface area contributed by atoms with Crippen molar-refractivity contribution in [1.82, 2.24) is 19.9 Å². The number of hydrogen-bond acceptors (Lipinski definition) is 4. The first-order valence-electron chi connectivity index (χ1n) is 28.5. The third-order valence-corrected chi connectivity index (χ3v) is 16.2. The number of benzene rings is 3. The lowest BCUT2D eigenvalue weighted by Crippen LogP contribution is -2.16. The number of H-pyrrole nitrogens is 2. The van der Waals surface area contributed by atoms with Crippen molar-refractivity contribution in [2.24, 2.45) is 0 Å². The van der Waals surface area contributed by atoms with Crippen molar-refractivity contribution in [3.05, 3.63) is 177 Å². The molecule has 3 aromatic heterocycles. The second kappa shape index (κ2) is 19.6. The van der Waals surface area contributed by atoms with Gasteiger partial charge in [-0.1, -0.05) is 210 Å². The molecule has 8 bridgehead atoms. The van der Waals surface area contributed by atoms with Gasteiger partial charge in [0.05, 0.1) is 35.4 Å². The highest BCUT2D eigenvalue weighted by Crippen LogP contribution is 2.45. The molecule has 4 aliphatic rings. The number of ether oxygens (including phenoxy) is 1. The molecule has 5 heterocycles. The SMILES string of the molecule is COC(=O)c1ccc2c(-c3c4nc(c(-c5cc(C(C)(C)C)cc(C(C)(C)C)c5)c5ccc([nH]5)c(-c5cc(C(C)(C)C)cc(C(C)(C)C)c5)c5nc(c(-c6cc(C(C)(C)C)cc(C(C)(C)C)c6)c6ccc3[nH]6)C=C5)C=C4)ccccc1-2. The highest BCUT2D eigenvalue weighted by Gasteiger charge is 2.29. The monoisotopic (exact) mass is 1060 g/mol. The first-order chi connectivity index (χ1) is 37.3. The highest BCUT2D eigenvalue weighted by atomic mass is 16.5. The predicted octanol–water partition coefficient (Wildman–Crippen LogP) is 20.0. The second-order valence-electron chi connectivity index (χ2n) is 28.6. The van der Waals surface area contributed by atoms with Gasteiger partial charge in [0.1, 0.15) is 0 Å². The predicted molar refractivity (Wildman–Crippen MR) is 341 cm³/mol. The lowest BCUT2D eigenvalue weighted by atomic mass is 9.78. The molecule has 0 radical (unpaired) electrons. The number of rotatable bonds is 5. The second-order valence-corrected chi connectivity index (χ2v) is 28.6. The van der Waals surface area contributed by atoms with Gasteiger partial charge in [-0.3, -0.25) is 0 Å². The molecular formula is C74H82N4O2. The lowest BCUT2D eigenvalue weighted by molar-refractivity contribution is 0.0602. The smallest absolute Gasteiger partial charge is 0.338 e. The summed E-state index contributed by atoms with van der Waals surface area (Å²) in [6.45, 7) is 41.4. The van der Waals surface area contributed by atoms with Gasteiger partial charge in [0.15, 0.2) is 0 Å². The van der Waals surface area contributed by atoms with Crippen molar-refractivity contribution < 1.29 is 9.53 Å². The summed E-state index contributed by atoms with van der Waals surface area (Å²) in [6, 6.07) is 42.4. The summed E-state index contributed by atoms with van der Waals surface area (Å²) in [6.07, 6.45) is 8.77. The molecule has 0 amide bonds. The Hall–Kier alpha value is -7.57. The molecule has 2 N–H and O–H groups in total. The van der Waals surface area contributed by atoms with E-state index >= 15 is 0 Å². The van der Waals surface area contributed by atoms with Crippen LogP contribution in [0.4, 0.5) is 0 Å². The molecule has 0 atom stereocenters. The molecule has 0 spiro atoms. The number of carbonyl (C=O) groups is 1. The Morgan fingerprint density at radius 3 is 0.938 bits per heavy atom. The lowest BCUT2D eigenvalue weighted by Gasteiger charge is -2.26. The van der Waals surface area contributed by atoms with Crippen LogP contribution in [0.1, 0.15) is 191 Å². The molecule has 0 saturated heterocycles. The summed E-state index contributed by atoms with van der Waals surface area (Å²) in [5.74, 6) is -0.377. The van der Waals surface area contributed by atoms with Crippen molar-refractivity contribution in [3.63, 3.8) is 0 Å². The van der Waals surface area contributed by atoms with E-state index in [0.717, 1.165) is 100 Å². The van der Waals surface area contributed by atoms with E-state index in [0.29, 0.717) is 5.56 Å². The number of nitrogens with one attached hydrogen (secondary N) is 2. The van der Waals surface area contributed by atoms with Gasteiger partial charge in [0, 0.05) is 44.3 Å². The first kappa shape index (κ1) is 55.7. The van der Waals surface area contributed by atoms with Crippen molar-refractivity contribution in [1.29, 1.82) is 0 Å². The highest BCUT2D eigenvalue weighted by molar-refractivity contribution is 6.06. The molecule has 6 aromatic rings. The third-order valence-electron chi connectivity index (χ3n) is 16.2. The van der Waals surface area contributed by atoms with Crippen LogP contribution in [0.3, 0.4) is 0 Å². The maximum absolute atomic E-state index is 13.4. The first-order valence-corrected chi connectivity index (χ1v) is 28.5. The molecule has 6 heteroatoms. The minimum Gasteiger partial charge on any atom is -0.465 e. The number of aromatic nitrogens is 4. The van der Waals surface area contributed by atoms with Crippen LogP contribution < -0.4 is 0 Å². The average molecular weight is 1060 g/mol. The molecular weight excluding hydrogens is 977 g/mol. The minimum atomic E-state index is -0.377. The van der Waals surface area contributed by atoms with Crippen molar-refractivity contribution in [3.8, 4) is 55.6 Å². The summed E-state index contributed by atoms with van der Waals surface area (Å²) >= 11 is 0. The van der Waals surface area contributed by atoms with Crippen LogP contribution in [-0.4, -0.2) is 33.0 Å². The maximum Gasteiger partial charge on any atom is 0.338 e. The number of fused-ring (bicyclic) bond motifs is 9. The number of hydrogen-bond donors (Lipinski definition) is 2. The number of methoxy groups -OCH3 is 1. The van der Waals surface area contributed by atoms with Gasteiger partial charge in [-0.05, 0) is 154 Å². The van der Waals surface area contributed by atoms with E-state index in [1.165, 1.54) is 40.5 Å². The van der Waals surface area contributed by atoms with Gasteiger partial charge in [-0.15, -0.1) is 0 Å². The van der Waals surface area contributed by atoms with E-state index in [1.807, 2.05) is 24.3 Å². The Morgan fingerprint density at radius 2 is 0.637 bits per heavy atom. The van der Waals surface area contributed by atoms with Crippen LogP contribution in [0.2, 0.25) is 0 Å². The topological polar surface area (TPSA) is 83.7 Å².